The van der Waals surface area contributed by atoms with Crippen molar-refractivity contribution in [3.63, 3.8) is 0 Å². The SMILES string of the molecule is CCC(C)C(=O)Nc1cccc(CNC(=O)c2cc[n+]([O-])cc2)c1. The minimum absolute atomic E-state index is 0.0195. The zero-order chi connectivity index (χ0) is 17.5. The second-order valence-electron chi connectivity index (χ2n) is 5.63. The molecule has 126 valence electrons. The van der Waals surface area contributed by atoms with Gasteiger partial charge in [-0.3, -0.25) is 9.59 Å². The third kappa shape index (κ3) is 4.81. The smallest absolute Gasteiger partial charge is 0.252 e. The maximum atomic E-state index is 12.0. The zero-order valence-corrected chi connectivity index (χ0v) is 13.8. The van der Waals surface area contributed by atoms with Crippen molar-refractivity contribution in [1.82, 2.24) is 5.32 Å². The molecule has 0 bridgehead atoms. The van der Waals surface area contributed by atoms with E-state index in [9.17, 15) is 14.8 Å². The third-order valence-electron chi connectivity index (χ3n) is 3.77. The molecular weight excluding hydrogens is 306 g/mol. The predicted molar refractivity (Wildman–Crippen MR) is 91.1 cm³/mol. The van der Waals surface area contributed by atoms with Crippen LogP contribution in [-0.2, 0) is 11.3 Å². The molecule has 2 rings (SSSR count). The Labute approximate surface area is 141 Å². The van der Waals surface area contributed by atoms with Crippen molar-refractivity contribution in [2.24, 2.45) is 5.92 Å². The van der Waals surface area contributed by atoms with Gasteiger partial charge in [-0.2, -0.15) is 4.73 Å². The topological polar surface area (TPSA) is 85.1 Å². The highest BCUT2D eigenvalue weighted by atomic mass is 16.5. The van der Waals surface area contributed by atoms with Crippen LogP contribution in [0.15, 0.2) is 48.8 Å². The van der Waals surface area contributed by atoms with Crippen LogP contribution in [0, 0.1) is 11.1 Å². The van der Waals surface area contributed by atoms with E-state index in [0.717, 1.165) is 12.0 Å². The fraction of sp³-hybridized carbons (Fsp3) is 0.278. The summed E-state index contributed by atoms with van der Waals surface area (Å²) < 4.78 is 0.625. The van der Waals surface area contributed by atoms with Gasteiger partial charge in [0.1, 0.15) is 0 Å². The van der Waals surface area contributed by atoms with Gasteiger partial charge in [-0.1, -0.05) is 26.0 Å². The summed E-state index contributed by atoms with van der Waals surface area (Å²) in [7, 11) is 0. The molecule has 0 aliphatic carbocycles. The van der Waals surface area contributed by atoms with E-state index in [-0.39, 0.29) is 17.7 Å². The number of pyridine rings is 1. The molecule has 2 amide bonds. The minimum atomic E-state index is -0.260. The summed E-state index contributed by atoms with van der Waals surface area (Å²) in [5.74, 6) is -0.325. The van der Waals surface area contributed by atoms with E-state index in [2.05, 4.69) is 10.6 Å². The number of hydrogen-bond acceptors (Lipinski definition) is 3. The van der Waals surface area contributed by atoms with Crippen molar-refractivity contribution < 1.29 is 14.3 Å². The maximum absolute atomic E-state index is 12.0. The molecule has 2 aromatic rings. The summed E-state index contributed by atoms with van der Waals surface area (Å²) in [6.07, 6.45) is 3.34. The largest absolute Gasteiger partial charge is 0.619 e. The molecule has 6 nitrogen and oxygen atoms in total. The number of anilines is 1. The number of hydrogen-bond donors (Lipinski definition) is 2. The standard InChI is InChI=1S/C18H21N3O3/c1-3-13(2)17(22)20-16-6-4-5-14(11-16)12-19-18(23)15-7-9-21(24)10-8-15/h4-11,13H,3,12H2,1-2H3,(H,19,23)(H,20,22). The molecule has 0 saturated carbocycles. The molecule has 1 unspecified atom stereocenters. The number of aromatic nitrogens is 1. The van der Waals surface area contributed by atoms with E-state index in [1.54, 1.807) is 0 Å². The van der Waals surface area contributed by atoms with Crippen LogP contribution in [0.5, 0.6) is 0 Å². The normalized spacial score (nSPS) is 11.6. The lowest BCUT2D eigenvalue weighted by atomic mass is 10.1. The van der Waals surface area contributed by atoms with Crippen LogP contribution in [0.3, 0.4) is 0 Å². The molecule has 24 heavy (non-hydrogen) atoms. The Kier molecular flexibility index (Phi) is 5.89. The summed E-state index contributed by atoms with van der Waals surface area (Å²) >= 11 is 0. The number of amides is 2. The van der Waals surface area contributed by atoms with Gasteiger partial charge in [-0.05, 0) is 24.1 Å². The average molecular weight is 327 g/mol. The molecule has 0 radical (unpaired) electrons. The van der Waals surface area contributed by atoms with E-state index >= 15 is 0 Å². The lowest BCUT2D eigenvalue weighted by Gasteiger charge is -2.11. The monoisotopic (exact) mass is 327 g/mol. The number of benzene rings is 1. The molecule has 2 N–H and O–H groups in total. The van der Waals surface area contributed by atoms with Gasteiger partial charge in [0, 0.05) is 30.3 Å². The highest BCUT2D eigenvalue weighted by Crippen LogP contribution is 2.13. The van der Waals surface area contributed by atoms with Crippen LogP contribution in [0.25, 0.3) is 0 Å². The van der Waals surface area contributed by atoms with Gasteiger partial charge in [0.25, 0.3) is 5.91 Å². The molecule has 0 aliphatic heterocycles. The summed E-state index contributed by atoms with van der Waals surface area (Å²) in [5, 5.41) is 16.6. The second-order valence-corrected chi connectivity index (χ2v) is 5.63. The van der Waals surface area contributed by atoms with Crippen molar-refractivity contribution in [3.8, 4) is 0 Å². The van der Waals surface area contributed by atoms with Gasteiger partial charge in [0.15, 0.2) is 12.4 Å². The van der Waals surface area contributed by atoms with Crippen LogP contribution in [0.4, 0.5) is 5.69 Å². The number of rotatable bonds is 6. The van der Waals surface area contributed by atoms with Crippen molar-refractivity contribution >= 4 is 17.5 Å². The highest BCUT2D eigenvalue weighted by Gasteiger charge is 2.11. The molecule has 0 spiro atoms. The van der Waals surface area contributed by atoms with Crippen LogP contribution in [0.1, 0.15) is 36.2 Å². The first-order valence-corrected chi connectivity index (χ1v) is 7.86. The number of nitrogens with one attached hydrogen (secondary N) is 2. The lowest BCUT2D eigenvalue weighted by Crippen LogP contribution is -2.27. The Morgan fingerprint density at radius 1 is 1.21 bits per heavy atom. The Balaban J connectivity index is 1.95. The molecule has 1 aromatic heterocycles. The van der Waals surface area contributed by atoms with Crippen LogP contribution in [-0.4, -0.2) is 11.8 Å². The second kappa shape index (κ2) is 8.10. The Bertz CT molecular complexity index is 714. The van der Waals surface area contributed by atoms with Crippen LogP contribution >= 0.6 is 0 Å². The molecule has 6 heteroatoms. The number of carbonyl (C=O) groups is 2. The van der Waals surface area contributed by atoms with Crippen molar-refractivity contribution in [3.05, 3.63) is 65.1 Å². The van der Waals surface area contributed by atoms with E-state index in [1.165, 1.54) is 24.5 Å². The van der Waals surface area contributed by atoms with Crippen molar-refractivity contribution in [1.29, 1.82) is 0 Å². The highest BCUT2D eigenvalue weighted by molar-refractivity contribution is 5.94. The summed E-state index contributed by atoms with van der Waals surface area (Å²) in [6, 6.07) is 10.3. The van der Waals surface area contributed by atoms with Gasteiger partial charge < -0.3 is 15.8 Å². The molecule has 0 fully saturated rings. The summed E-state index contributed by atoms with van der Waals surface area (Å²) in [5.41, 5.74) is 2.00. The van der Waals surface area contributed by atoms with E-state index in [1.807, 2.05) is 38.1 Å². The van der Waals surface area contributed by atoms with Crippen molar-refractivity contribution in [2.45, 2.75) is 26.8 Å². The minimum Gasteiger partial charge on any atom is -0.619 e. The van der Waals surface area contributed by atoms with Crippen LogP contribution < -0.4 is 15.4 Å². The quantitative estimate of drug-likeness (QED) is 0.630. The maximum Gasteiger partial charge on any atom is 0.252 e. The fourth-order valence-electron chi connectivity index (χ4n) is 2.06. The zero-order valence-electron chi connectivity index (χ0n) is 13.8. The first kappa shape index (κ1) is 17.5. The van der Waals surface area contributed by atoms with Gasteiger partial charge in [-0.25, -0.2) is 0 Å². The summed E-state index contributed by atoms with van der Waals surface area (Å²) in [4.78, 5) is 24.0. The van der Waals surface area contributed by atoms with Gasteiger partial charge in [-0.15, -0.1) is 0 Å². The molecule has 1 aromatic carbocycles. The Hall–Kier alpha value is -2.89. The molecule has 0 aliphatic rings. The first-order valence-electron chi connectivity index (χ1n) is 7.86. The number of carbonyl (C=O) groups excluding carboxylic acids is 2. The van der Waals surface area contributed by atoms with E-state index < -0.39 is 0 Å². The Morgan fingerprint density at radius 3 is 2.58 bits per heavy atom. The Morgan fingerprint density at radius 2 is 1.92 bits per heavy atom. The van der Waals surface area contributed by atoms with Gasteiger partial charge in [0.2, 0.25) is 5.91 Å². The molecular formula is C18H21N3O3. The average Bonchev–Trinajstić information content (AvgIpc) is 2.59. The molecule has 0 saturated heterocycles. The lowest BCUT2D eigenvalue weighted by molar-refractivity contribution is -0.605. The third-order valence-corrected chi connectivity index (χ3v) is 3.77. The van der Waals surface area contributed by atoms with E-state index in [4.69, 9.17) is 0 Å². The fourth-order valence-corrected chi connectivity index (χ4v) is 2.06. The number of nitrogens with zero attached hydrogens (tertiary/aromatic N) is 1. The summed E-state index contributed by atoms with van der Waals surface area (Å²) in [6.45, 7) is 4.18. The van der Waals surface area contributed by atoms with E-state index in [0.29, 0.717) is 22.5 Å². The van der Waals surface area contributed by atoms with Gasteiger partial charge in [0.05, 0.1) is 5.56 Å². The predicted octanol–water partition coefficient (Wildman–Crippen LogP) is 2.23. The van der Waals surface area contributed by atoms with Crippen LogP contribution in [0.2, 0.25) is 0 Å². The van der Waals surface area contributed by atoms with Crippen molar-refractivity contribution in [2.75, 3.05) is 5.32 Å². The first-order chi connectivity index (χ1) is 11.5. The van der Waals surface area contributed by atoms with Gasteiger partial charge >= 0.3 is 0 Å². The molecule has 1 atom stereocenters. The molecule has 1 heterocycles.